The molecule has 3 nitrogen and oxygen atoms in total. The van der Waals surface area contributed by atoms with Gasteiger partial charge in [-0.3, -0.25) is 0 Å². The minimum absolute atomic E-state index is 0.199. The summed E-state index contributed by atoms with van der Waals surface area (Å²) in [5, 5.41) is 9.45. The summed E-state index contributed by atoms with van der Waals surface area (Å²) in [5.41, 5.74) is 7.93. The first kappa shape index (κ1) is 14.6. The largest absolute Gasteiger partial charge is 0.391 e. The smallest absolute Gasteiger partial charge is 0.0962 e. The van der Waals surface area contributed by atoms with Gasteiger partial charge in [0.1, 0.15) is 0 Å². The highest BCUT2D eigenvalue weighted by molar-refractivity contribution is 9.10. The van der Waals surface area contributed by atoms with Crippen molar-refractivity contribution in [1.29, 1.82) is 0 Å². The van der Waals surface area contributed by atoms with Crippen molar-refractivity contribution in [3.63, 3.8) is 0 Å². The lowest BCUT2D eigenvalue weighted by Crippen LogP contribution is -2.28. The van der Waals surface area contributed by atoms with Gasteiger partial charge in [-0.15, -0.1) is 0 Å². The fourth-order valence-electron chi connectivity index (χ4n) is 1.52. The van der Waals surface area contributed by atoms with E-state index in [0.717, 1.165) is 10.0 Å². The maximum atomic E-state index is 9.45. The van der Waals surface area contributed by atoms with Gasteiger partial charge in [-0.1, -0.05) is 28.1 Å². The number of hydrogen-bond donors (Lipinski definition) is 2. The zero-order valence-corrected chi connectivity index (χ0v) is 12.1. The second kappa shape index (κ2) is 6.50. The number of halogens is 1. The summed E-state index contributed by atoms with van der Waals surface area (Å²) >= 11 is 3.52. The summed E-state index contributed by atoms with van der Waals surface area (Å²) < 4.78 is 6.75. The number of hydrogen-bond acceptors (Lipinski definition) is 3. The molecule has 0 radical (unpaired) electrons. The Labute approximate surface area is 111 Å². The summed E-state index contributed by atoms with van der Waals surface area (Å²) in [7, 11) is 0. The van der Waals surface area contributed by atoms with E-state index in [0.29, 0.717) is 6.54 Å². The Balaban J connectivity index is 2.86. The van der Waals surface area contributed by atoms with Crippen molar-refractivity contribution in [2.45, 2.75) is 39.1 Å². The fraction of sp³-hybridized carbons (Fsp3) is 0.538. The zero-order chi connectivity index (χ0) is 13.0. The van der Waals surface area contributed by atoms with Gasteiger partial charge in [-0.2, -0.15) is 0 Å². The predicted octanol–water partition coefficient (Wildman–Crippen LogP) is 2.54. The highest BCUT2D eigenvalue weighted by atomic mass is 79.9. The normalized spacial score (nSPS) is 16.6. The average molecular weight is 302 g/mol. The van der Waals surface area contributed by atoms with Gasteiger partial charge >= 0.3 is 0 Å². The van der Waals surface area contributed by atoms with Crippen LogP contribution in [0.5, 0.6) is 0 Å². The van der Waals surface area contributed by atoms with E-state index in [1.807, 2.05) is 32.0 Å². The van der Waals surface area contributed by atoms with Crippen LogP contribution in [0.4, 0.5) is 0 Å². The molecule has 1 aromatic rings. The molecule has 0 aliphatic rings. The molecule has 4 heteroatoms. The van der Waals surface area contributed by atoms with E-state index < -0.39 is 6.10 Å². The second-order valence-electron chi connectivity index (χ2n) is 4.33. The lowest BCUT2D eigenvalue weighted by atomic mass is 10.1. The minimum atomic E-state index is -0.506. The molecule has 0 bridgehead atoms. The topological polar surface area (TPSA) is 55.5 Å². The second-order valence-corrected chi connectivity index (χ2v) is 5.19. The van der Waals surface area contributed by atoms with Gasteiger partial charge in [0.25, 0.3) is 0 Å². The van der Waals surface area contributed by atoms with Crippen molar-refractivity contribution < 1.29 is 9.84 Å². The van der Waals surface area contributed by atoms with Gasteiger partial charge < -0.3 is 15.6 Å². The van der Waals surface area contributed by atoms with Crippen LogP contribution in [0.25, 0.3) is 0 Å². The van der Waals surface area contributed by atoms with Gasteiger partial charge in [0, 0.05) is 11.0 Å². The van der Waals surface area contributed by atoms with E-state index >= 15 is 0 Å². The minimum Gasteiger partial charge on any atom is -0.391 e. The lowest BCUT2D eigenvalue weighted by molar-refractivity contribution is -0.0594. The number of aryl methyl sites for hydroxylation is 1. The van der Waals surface area contributed by atoms with Crippen molar-refractivity contribution in [1.82, 2.24) is 0 Å². The lowest BCUT2D eigenvalue weighted by Gasteiger charge is -2.24. The molecule has 96 valence electrons. The quantitative estimate of drug-likeness (QED) is 0.879. The Hall–Kier alpha value is -0.420. The molecule has 0 fully saturated rings. The summed E-state index contributed by atoms with van der Waals surface area (Å²) in [6.07, 6.45) is -0.945. The van der Waals surface area contributed by atoms with Crippen molar-refractivity contribution in [3.05, 3.63) is 33.8 Å². The van der Waals surface area contributed by atoms with Crippen molar-refractivity contribution in [2.75, 3.05) is 6.54 Å². The van der Waals surface area contributed by atoms with Crippen LogP contribution in [0.3, 0.4) is 0 Å². The fourth-order valence-corrected chi connectivity index (χ4v) is 2.27. The van der Waals surface area contributed by atoms with E-state index in [4.69, 9.17) is 10.5 Å². The van der Waals surface area contributed by atoms with E-state index in [-0.39, 0.29) is 12.2 Å². The van der Waals surface area contributed by atoms with E-state index in [1.54, 1.807) is 6.92 Å². The number of rotatable bonds is 5. The molecule has 3 atom stereocenters. The van der Waals surface area contributed by atoms with Gasteiger partial charge in [-0.25, -0.2) is 0 Å². The third kappa shape index (κ3) is 4.07. The summed E-state index contributed by atoms with van der Waals surface area (Å²) in [6, 6.07) is 6.07. The van der Waals surface area contributed by atoms with Crippen LogP contribution >= 0.6 is 15.9 Å². The maximum absolute atomic E-state index is 9.45. The van der Waals surface area contributed by atoms with Crippen LogP contribution in [-0.2, 0) is 4.74 Å². The van der Waals surface area contributed by atoms with E-state index in [1.165, 1.54) is 5.56 Å². The molecule has 0 spiro atoms. The first-order chi connectivity index (χ1) is 7.95. The Bertz CT molecular complexity index is 368. The molecular formula is C13H20BrNO2. The molecule has 0 amide bonds. The molecule has 0 aromatic heterocycles. The summed E-state index contributed by atoms with van der Waals surface area (Å²) in [4.78, 5) is 0. The predicted molar refractivity (Wildman–Crippen MR) is 72.9 cm³/mol. The first-order valence-corrected chi connectivity index (χ1v) is 6.54. The highest BCUT2D eigenvalue weighted by Gasteiger charge is 2.19. The van der Waals surface area contributed by atoms with Crippen LogP contribution in [0, 0.1) is 6.92 Å². The Morgan fingerprint density at radius 2 is 2.06 bits per heavy atom. The third-order valence-electron chi connectivity index (χ3n) is 2.78. The molecule has 0 saturated heterocycles. The van der Waals surface area contributed by atoms with Gasteiger partial charge in [-0.05, 0) is 38.0 Å². The van der Waals surface area contributed by atoms with Crippen molar-refractivity contribution in [3.8, 4) is 0 Å². The van der Waals surface area contributed by atoms with Crippen LogP contribution in [0.1, 0.15) is 31.1 Å². The zero-order valence-electron chi connectivity index (χ0n) is 10.5. The molecule has 1 aromatic carbocycles. The molecule has 0 aliphatic carbocycles. The maximum Gasteiger partial charge on any atom is 0.0962 e. The number of aliphatic hydroxyl groups excluding tert-OH is 1. The van der Waals surface area contributed by atoms with Crippen LogP contribution < -0.4 is 5.73 Å². The standard InChI is InChI=1S/C13H20BrNO2/c1-8-4-5-11(12(14)6-8)13(7-15)17-10(3)9(2)16/h4-6,9-10,13,16H,7,15H2,1-3H3. The van der Waals surface area contributed by atoms with Gasteiger partial charge in [0.05, 0.1) is 18.3 Å². The van der Waals surface area contributed by atoms with Crippen LogP contribution in [0.2, 0.25) is 0 Å². The van der Waals surface area contributed by atoms with Crippen LogP contribution in [-0.4, -0.2) is 23.9 Å². The Morgan fingerprint density at radius 3 is 2.53 bits per heavy atom. The Kier molecular flexibility index (Phi) is 5.59. The molecule has 3 N–H and O–H groups in total. The van der Waals surface area contributed by atoms with E-state index in [2.05, 4.69) is 15.9 Å². The van der Waals surface area contributed by atoms with E-state index in [9.17, 15) is 5.11 Å². The highest BCUT2D eigenvalue weighted by Crippen LogP contribution is 2.27. The number of ether oxygens (including phenoxy) is 1. The van der Waals surface area contributed by atoms with Crippen molar-refractivity contribution >= 4 is 15.9 Å². The monoisotopic (exact) mass is 301 g/mol. The molecule has 0 saturated carbocycles. The molecule has 0 aliphatic heterocycles. The van der Waals surface area contributed by atoms with Crippen molar-refractivity contribution in [2.24, 2.45) is 5.73 Å². The molecular weight excluding hydrogens is 282 g/mol. The number of nitrogens with two attached hydrogens (primary N) is 1. The molecule has 1 rings (SSSR count). The first-order valence-electron chi connectivity index (χ1n) is 5.75. The van der Waals surface area contributed by atoms with Gasteiger partial charge in [0.15, 0.2) is 0 Å². The Morgan fingerprint density at radius 1 is 1.41 bits per heavy atom. The SMILES string of the molecule is Cc1ccc(C(CN)OC(C)C(C)O)c(Br)c1. The summed E-state index contributed by atoms with van der Waals surface area (Å²) in [6.45, 7) is 5.97. The molecule has 0 heterocycles. The molecule has 3 unspecified atom stereocenters. The van der Waals surface area contributed by atoms with Gasteiger partial charge in [0.2, 0.25) is 0 Å². The average Bonchev–Trinajstić information content (AvgIpc) is 2.26. The van der Waals surface area contributed by atoms with Crippen LogP contribution in [0.15, 0.2) is 22.7 Å². The third-order valence-corrected chi connectivity index (χ3v) is 3.46. The number of aliphatic hydroxyl groups is 1. The molecule has 17 heavy (non-hydrogen) atoms. The number of benzene rings is 1. The summed E-state index contributed by atoms with van der Waals surface area (Å²) in [5.74, 6) is 0.